The smallest absolute Gasteiger partial charge is 0.412 e. The molecular weight excluding hydrogens is 436 g/mol. The fourth-order valence-electron chi connectivity index (χ4n) is 4.25. The molecule has 1 unspecified atom stereocenters. The fraction of sp³-hybridized carbons (Fsp3) is 0.280. The summed E-state index contributed by atoms with van der Waals surface area (Å²) in [4.78, 5) is 37.9. The molecule has 1 heterocycles. The molecule has 34 heavy (non-hydrogen) atoms. The van der Waals surface area contributed by atoms with E-state index in [1.54, 1.807) is 7.05 Å². The van der Waals surface area contributed by atoms with Gasteiger partial charge in [-0.15, -0.1) is 0 Å². The lowest BCUT2D eigenvalue weighted by Gasteiger charge is -2.19. The predicted molar refractivity (Wildman–Crippen MR) is 126 cm³/mol. The molecule has 176 valence electrons. The number of hydrogen-bond acceptors (Lipinski definition) is 5. The van der Waals surface area contributed by atoms with Gasteiger partial charge in [-0.2, -0.15) is 5.10 Å². The van der Waals surface area contributed by atoms with Crippen molar-refractivity contribution in [1.82, 2.24) is 14.7 Å². The maximum Gasteiger partial charge on any atom is 0.412 e. The number of fused-ring (bicyclic) bond motifs is 3. The summed E-state index contributed by atoms with van der Waals surface area (Å²) < 4.78 is 6.95. The SMILES string of the molecule is CC(CN(C)C(=O)c1cn(C)nc1NC(=O)OCC1c2ccccc2-c2ccccc21)C(=O)O. The summed E-state index contributed by atoms with van der Waals surface area (Å²) in [7, 11) is 3.13. The van der Waals surface area contributed by atoms with Crippen LogP contribution in [0.15, 0.2) is 54.7 Å². The number of anilines is 1. The topological polar surface area (TPSA) is 114 Å². The van der Waals surface area contributed by atoms with Gasteiger partial charge in [0.1, 0.15) is 12.2 Å². The van der Waals surface area contributed by atoms with Crippen LogP contribution in [0.5, 0.6) is 0 Å². The van der Waals surface area contributed by atoms with E-state index in [1.165, 1.54) is 29.7 Å². The Morgan fingerprint density at radius 3 is 2.29 bits per heavy atom. The number of hydrogen-bond donors (Lipinski definition) is 2. The van der Waals surface area contributed by atoms with Gasteiger partial charge in [0, 0.05) is 32.8 Å². The number of aryl methyl sites for hydroxylation is 1. The number of carboxylic acids is 1. The van der Waals surface area contributed by atoms with Gasteiger partial charge in [-0.05, 0) is 22.3 Å². The molecule has 2 aromatic carbocycles. The summed E-state index contributed by atoms with van der Waals surface area (Å²) >= 11 is 0. The highest BCUT2D eigenvalue weighted by molar-refractivity contribution is 6.01. The normalized spacial score (nSPS) is 13.0. The third kappa shape index (κ3) is 4.50. The lowest BCUT2D eigenvalue weighted by atomic mass is 9.98. The number of carboxylic acid groups (broad SMARTS) is 1. The Morgan fingerprint density at radius 1 is 1.12 bits per heavy atom. The van der Waals surface area contributed by atoms with Gasteiger partial charge in [-0.25, -0.2) is 4.79 Å². The van der Waals surface area contributed by atoms with Crippen molar-refractivity contribution >= 4 is 23.8 Å². The molecule has 2 N–H and O–H groups in total. The lowest BCUT2D eigenvalue weighted by molar-refractivity contribution is -0.141. The monoisotopic (exact) mass is 462 g/mol. The van der Waals surface area contributed by atoms with Crippen LogP contribution in [0.3, 0.4) is 0 Å². The Kier molecular flexibility index (Phi) is 6.36. The summed E-state index contributed by atoms with van der Waals surface area (Å²) in [5.41, 5.74) is 4.60. The highest BCUT2D eigenvalue weighted by Gasteiger charge is 2.29. The van der Waals surface area contributed by atoms with E-state index in [0.717, 1.165) is 22.3 Å². The minimum absolute atomic E-state index is 0.0213. The molecule has 1 aromatic heterocycles. The van der Waals surface area contributed by atoms with E-state index < -0.39 is 23.9 Å². The van der Waals surface area contributed by atoms with E-state index in [9.17, 15) is 14.4 Å². The minimum Gasteiger partial charge on any atom is -0.481 e. The first-order chi connectivity index (χ1) is 16.3. The van der Waals surface area contributed by atoms with Crippen molar-refractivity contribution in [2.75, 3.05) is 25.5 Å². The number of benzene rings is 2. The van der Waals surface area contributed by atoms with Gasteiger partial charge >= 0.3 is 12.1 Å². The molecule has 0 aliphatic heterocycles. The first-order valence-electron chi connectivity index (χ1n) is 10.9. The summed E-state index contributed by atoms with van der Waals surface area (Å²) in [5.74, 6) is -2.21. The highest BCUT2D eigenvalue weighted by Crippen LogP contribution is 2.44. The molecule has 1 aliphatic rings. The lowest BCUT2D eigenvalue weighted by Crippen LogP contribution is -2.34. The average molecular weight is 463 g/mol. The quantitative estimate of drug-likeness (QED) is 0.555. The summed E-state index contributed by atoms with van der Waals surface area (Å²) in [6.07, 6.45) is 0.750. The molecule has 0 saturated carbocycles. The minimum atomic E-state index is -0.997. The molecule has 0 bridgehead atoms. The number of rotatable bonds is 7. The van der Waals surface area contributed by atoms with Crippen molar-refractivity contribution in [2.24, 2.45) is 13.0 Å². The number of carbonyl (C=O) groups is 3. The maximum absolute atomic E-state index is 12.8. The van der Waals surface area contributed by atoms with Crippen LogP contribution >= 0.6 is 0 Å². The van der Waals surface area contributed by atoms with Crippen molar-refractivity contribution < 1.29 is 24.2 Å². The molecule has 0 radical (unpaired) electrons. The van der Waals surface area contributed by atoms with Gasteiger partial charge < -0.3 is 14.7 Å². The Bertz CT molecular complexity index is 1210. The third-order valence-electron chi connectivity index (χ3n) is 5.94. The maximum atomic E-state index is 12.8. The fourth-order valence-corrected chi connectivity index (χ4v) is 4.25. The van der Waals surface area contributed by atoms with Gasteiger partial charge in [0.25, 0.3) is 5.91 Å². The Labute approximate surface area is 196 Å². The van der Waals surface area contributed by atoms with Crippen molar-refractivity contribution in [3.8, 4) is 11.1 Å². The molecule has 9 nitrogen and oxygen atoms in total. The van der Waals surface area contributed by atoms with Gasteiger partial charge in [0.15, 0.2) is 5.82 Å². The zero-order chi connectivity index (χ0) is 24.4. The molecule has 9 heteroatoms. The second-order valence-electron chi connectivity index (χ2n) is 8.44. The highest BCUT2D eigenvalue weighted by atomic mass is 16.5. The number of amides is 2. The van der Waals surface area contributed by atoms with Gasteiger partial charge in [0.05, 0.1) is 5.92 Å². The van der Waals surface area contributed by atoms with E-state index >= 15 is 0 Å². The molecule has 4 rings (SSSR count). The van der Waals surface area contributed by atoms with Gasteiger partial charge in [-0.1, -0.05) is 55.5 Å². The average Bonchev–Trinajstić information content (AvgIpc) is 3.34. The third-order valence-corrected chi connectivity index (χ3v) is 5.94. The number of carbonyl (C=O) groups excluding carboxylic acids is 2. The van der Waals surface area contributed by atoms with E-state index in [1.807, 2.05) is 36.4 Å². The second kappa shape index (κ2) is 9.38. The predicted octanol–water partition coefficient (Wildman–Crippen LogP) is 3.57. The first-order valence-corrected chi connectivity index (χ1v) is 10.9. The molecule has 3 aromatic rings. The summed E-state index contributed by atoms with van der Waals surface area (Å²) in [6, 6.07) is 16.1. The van der Waals surface area contributed by atoms with Crippen molar-refractivity contribution in [2.45, 2.75) is 12.8 Å². The second-order valence-corrected chi connectivity index (χ2v) is 8.44. The Morgan fingerprint density at radius 2 is 1.71 bits per heavy atom. The van der Waals surface area contributed by atoms with E-state index in [-0.39, 0.29) is 30.5 Å². The molecule has 0 fully saturated rings. The van der Waals surface area contributed by atoms with Crippen molar-refractivity contribution in [3.05, 3.63) is 71.4 Å². The van der Waals surface area contributed by atoms with Crippen LogP contribution in [0.2, 0.25) is 0 Å². The zero-order valence-electron chi connectivity index (χ0n) is 19.2. The molecular formula is C25H26N4O5. The van der Waals surface area contributed by atoms with E-state index in [0.29, 0.717) is 0 Å². The van der Waals surface area contributed by atoms with Crippen LogP contribution in [0.1, 0.15) is 34.3 Å². The van der Waals surface area contributed by atoms with Crippen LogP contribution in [-0.2, 0) is 16.6 Å². The van der Waals surface area contributed by atoms with Gasteiger partial charge in [-0.3, -0.25) is 19.6 Å². The molecule has 0 spiro atoms. The first kappa shape index (κ1) is 23.0. The number of aromatic nitrogens is 2. The number of nitrogens with zero attached hydrogens (tertiary/aromatic N) is 3. The van der Waals surface area contributed by atoms with E-state index in [4.69, 9.17) is 9.84 Å². The molecule has 2 amide bonds. The van der Waals surface area contributed by atoms with Crippen molar-refractivity contribution in [1.29, 1.82) is 0 Å². The van der Waals surface area contributed by atoms with Crippen LogP contribution in [0.25, 0.3) is 11.1 Å². The summed E-state index contributed by atoms with van der Waals surface area (Å²) in [5, 5.41) is 15.8. The standard InChI is InChI=1S/C25H26N4O5/c1-15(24(31)32)12-28(2)23(30)20-13-29(3)27-22(20)26-25(33)34-14-21-18-10-6-4-8-16(18)17-9-5-7-11-19(17)21/h4-11,13,15,21H,12,14H2,1-3H3,(H,31,32)(H,26,27,33). The largest absolute Gasteiger partial charge is 0.481 e. The number of aliphatic carboxylic acids is 1. The number of ether oxygens (including phenoxy) is 1. The van der Waals surface area contributed by atoms with Crippen LogP contribution in [-0.4, -0.2) is 58.0 Å². The summed E-state index contributed by atoms with van der Waals surface area (Å²) in [6.45, 7) is 1.67. The Hall–Kier alpha value is -4.14. The zero-order valence-corrected chi connectivity index (χ0v) is 19.2. The Balaban J connectivity index is 1.45. The van der Waals surface area contributed by atoms with Gasteiger partial charge in [0.2, 0.25) is 0 Å². The van der Waals surface area contributed by atoms with Crippen LogP contribution < -0.4 is 5.32 Å². The van der Waals surface area contributed by atoms with Crippen molar-refractivity contribution in [3.63, 3.8) is 0 Å². The molecule has 1 atom stereocenters. The molecule has 0 saturated heterocycles. The number of nitrogens with one attached hydrogen (secondary N) is 1. The molecule has 1 aliphatic carbocycles. The van der Waals surface area contributed by atoms with Crippen LogP contribution in [0.4, 0.5) is 10.6 Å². The van der Waals surface area contributed by atoms with Crippen LogP contribution in [0, 0.1) is 5.92 Å². The van der Waals surface area contributed by atoms with E-state index in [2.05, 4.69) is 22.5 Å².